The Balaban J connectivity index is 2.29. The van der Waals surface area contributed by atoms with Gasteiger partial charge in [-0.2, -0.15) is 5.10 Å². The second-order valence-corrected chi connectivity index (χ2v) is 4.60. The number of carbonyl (C=O) groups excluding carboxylic acids is 1. The van der Waals surface area contributed by atoms with Gasteiger partial charge < -0.3 is 10.5 Å². The van der Waals surface area contributed by atoms with Crippen LogP contribution >= 0.6 is 11.8 Å². The average molecular weight is 264 g/mol. The molecule has 2 aromatic heterocycles. The van der Waals surface area contributed by atoms with Gasteiger partial charge in [-0.15, -0.1) is 0 Å². The maximum absolute atomic E-state index is 11.4. The van der Waals surface area contributed by atoms with Crippen LogP contribution in [0.3, 0.4) is 0 Å². The van der Waals surface area contributed by atoms with Crippen molar-refractivity contribution in [3.8, 4) is 0 Å². The molecule has 2 rings (SSSR count). The van der Waals surface area contributed by atoms with E-state index in [0.717, 1.165) is 4.90 Å². The van der Waals surface area contributed by atoms with Gasteiger partial charge in [0.2, 0.25) is 0 Å². The highest BCUT2D eigenvalue weighted by atomic mass is 32.2. The van der Waals surface area contributed by atoms with Gasteiger partial charge in [-0.25, -0.2) is 9.78 Å². The highest BCUT2D eigenvalue weighted by Crippen LogP contribution is 2.30. The number of hydrogen-bond donors (Lipinski definition) is 1. The normalized spacial score (nSPS) is 10.3. The number of nitrogens with two attached hydrogens (primary N) is 1. The number of nitrogens with zero attached hydrogens (tertiary/aromatic N) is 3. The fraction of sp³-hybridized carbons (Fsp3) is 0.182. The summed E-state index contributed by atoms with van der Waals surface area (Å²) in [5, 5.41) is 4.61. The molecule has 2 aromatic rings. The van der Waals surface area contributed by atoms with Gasteiger partial charge in [0, 0.05) is 13.2 Å². The first kappa shape index (κ1) is 12.4. The molecular formula is C11H12N4O2S. The number of anilines is 1. The molecule has 0 aliphatic rings. The largest absolute Gasteiger partial charge is 0.464 e. The van der Waals surface area contributed by atoms with E-state index < -0.39 is 5.97 Å². The number of nitrogen functional groups attached to an aromatic ring is 1. The van der Waals surface area contributed by atoms with Crippen LogP contribution in [0.2, 0.25) is 0 Å². The van der Waals surface area contributed by atoms with Crippen molar-refractivity contribution in [1.29, 1.82) is 0 Å². The van der Waals surface area contributed by atoms with E-state index in [4.69, 9.17) is 5.73 Å². The molecule has 0 aliphatic heterocycles. The van der Waals surface area contributed by atoms with Gasteiger partial charge in [0.15, 0.2) is 0 Å². The van der Waals surface area contributed by atoms with E-state index in [0.29, 0.717) is 10.7 Å². The minimum absolute atomic E-state index is 0.234. The van der Waals surface area contributed by atoms with Crippen molar-refractivity contribution in [1.82, 2.24) is 14.8 Å². The van der Waals surface area contributed by atoms with E-state index in [1.165, 1.54) is 24.9 Å². The van der Waals surface area contributed by atoms with Gasteiger partial charge in [0.1, 0.15) is 10.7 Å². The summed E-state index contributed by atoms with van der Waals surface area (Å²) in [6.45, 7) is 0. The zero-order valence-corrected chi connectivity index (χ0v) is 10.8. The second-order valence-electron chi connectivity index (χ2n) is 3.53. The first-order chi connectivity index (χ1) is 8.60. The summed E-state index contributed by atoms with van der Waals surface area (Å²) in [7, 11) is 3.14. The molecule has 0 aliphatic carbocycles. The maximum Gasteiger partial charge on any atom is 0.356 e. The first-order valence-electron chi connectivity index (χ1n) is 5.11. The fourth-order valence-electron chi connectivity index (χ4n) is 1.31. The van der Waals surface area contributed by atoms with Crippen LogP contribution < -0.4 is 5.73 Å². The molecule has 18 heavy (non-hydrogen) atoms. The highest BCUT2D eigenvalue weighted by molar-refractivity contribution is 7.99. The molecule has 0 saturated carbocycles. The molecule has 0 aromatic carbocycles. The fourth-order valence-corrected chi connectivity index (χ4v) is 2.17. The Kier molecular flexibility index (Phi) is 3.52. The molecule has 2 N–H and O–H groups in total. The van der Waals surface area contributed by atoms with E-state index in [2.05, 4.69) is 14.8 Å². The Labute approximate surface area is 108 Å². The number of aryl methyl sites for hydroxylation is 1. The standard InChI is InChI=1S/C11H12N4O2S/c1-15-6-7(5-13-15)18-10-8(12)3-4-9(14-10)11(16)17-2/h3-6H,12H2,1-2H3. The third-order valence-corrected chi connectivity index (χ3v) is 3.15. The Bertz CT molecular complexity index is 582. The SMILES string of the molecule is COC(=O)c1ccc(N)c(Sc2cnn(C)c2)n1. The van der Waals surface area contributed by atoms with Crippen LogP contribution in [0.1, 0.15) is 10.5 Å². The number of hydrogen-bond acceptors (Lipinski definition) is 6. The molecule has 0 fully saturated rings. The lowest BCUT2D eigenvalue weighted by molar-refractivity contribution is 0.0593. The molecule has 7 heteroatoms. The number of pyridine rings is 1. The minimum atomic E-state index is -0.483. The van der Waals surface area contributed by atoms with Crippen LogP contribution in [0.15, 0.2) is 34.4 Å². The van der Waals surface area contributed by atoms with Crippen molar-refractivity contribution in [2.24, 2.45) is 7.05 Å². The van der Waals surface area contributed by atoms with Crippen LogP contribution in [0.25, 0.3) is 0 Å². The Morgan fingerprint density at radius 1 is 1.50 bits per heavy atom. The van der Waals surface area contributed by atoms with Gasteiger partial charge in [0.25, 0.3) is 0 Å². The second kappa shape index (κ2) is 5.09. The molecular weight excluding hydrogens is 252 g/mol. The van der Waals surface area contributed by atoms with Crippen LogP contribution in [0.4, 0.5) is 5.69 Å². The van der Waals surface area contributed by atoms with E-state index in [1.807, 2.05) is 13.2 Å². The molecule has 0 saturated heterocycles. The number of esters is 1. The van der Waals surface area contributed by atoms with Crippen molar-refractivity contribution in [2.45, 2.75) is 9.92 Å². The summed E-state index contributed by atoms with van der Waals surface area (Å²) in [6.07, 6.45) is 3.55. The molecule has 0 bridgehead atoms. The predicted molar refractivity (Wildman–Crippen MR) is 67.3 cm³/mol. The number of rotatable bonds is 3. The van der Waals surface area contributed by atoms with Crippen LogP contribution in [0, 0.1) is 0 Å². The van der Waals surface area contributed by atoms with Crippen LogP contribution in [0.5, 0.6) is 0 Å². The molecule has 2 heterocycles. The van der Waals surface area contributed by atoms with E-state index in [9.17, 15) is 4.79 Å². The summed E-state index contributed by atoms with van der Waals surface area (Å²) in [5.41, 5.74) is 6.57. The number of ether oxygens (including phenoxy) is 1. The van der Waals surface area contributed by atoms with Crippen LogP contribution in [-0.2, 0) is 11.8 Å². The van der Waals surface area contributed by atoms with Crippen molar-refractivity contribution < 1.29 is 9.53 Å². The molecule has 0 atom stereocenters. The first-order valence-corrected chi connectivity index (χ1v) is 5.93. The van der Waals surface area contributed by atoms with Crippen molar-refractivity contribution in [3.63, 3.8) is 0 Å². The maximum atomic E-state index is 11.4. The van der Waals surface area contributed by atoms with E-state index >= 15 is 0 Å². The minimum Gasteiger partial charge on any atom is -0.464 e. The summed E-state index contributed by atoms with van der Waals surface area (Å²) in [5.74, 6) is -0.483. The summed E-state index contributed by atoms with van der Waals surface area (Å²) in [4.78, 5) is 16.5. The van der Waals surface area contributed by atoms with Gasteiger partial charge in [-0.3, -0.25) is 4.68 Å². The lowest BCUT2D eigenvalue weighted by Crippen LogP contribution is -2.05. The third-order valence-electron chi connectivity index (χ3n) is 2.18. The Hall–Kier alpha value is -2.02. The summed E-state index contributed by atoms with van der Waals surface area (Å²) < 4.78 is 6.30. The monoisotopic (exact) mass is 264 g/mol. The third kappa shape index (κ3) is 2.62. The Morgan fingerprint density at radius 3 is 2.89 bits per heavy atom. The quantitative estimate of drug-likeness (QED) is 0.842. The highest BCUT2D eigenvalue weighted by Gasteiger charge is 2.12. The molecule has 0 amide bonds. The molecule has 0 radical (unpaired) electrons. The smallest absolute Gasteiger partial charge is 0.356 e. The number of methoxy groups -OCH3 is 1. The summed E-state index contributed by atoms with van der Waals surface area (Å²) >= 11 is 1.35. The van der Waals surface area contributed by atoms with Crippen molar-refractivity contribution >= 4 is 23.4 Å². The van der Waals surface area contributed by atoms with Crippen molar-refractivity contribution in [2.75, 3.05) is 12.8 Å². The van der Waals surface area contributed by atoms with Gasteiger partial charge in [-0.05, 0) is 12.1 Å². The molecule has 0 unspecified atom stereocenters. The lowest BCUT2D eigenvalue weighted by atomic mass is 10.3. The van der Waals surface area contributed by atoms with E-state index in [1.54, 1.807) is 16.9 Å². The lowest BCUT2D eigenvalue weighted by Gasteiger charge is -2.04. The van der Waals surface area contributed by atoms with E-state index in [-0.39, 0.29) is 5.69 Å². The molecule has 94 valence electrons. The summed E-state index contributed by atoms with van der Waals surface area (Å²) in [6, 6.07) is 3.17. The van der Waals surface area contributed by atoms with Gasteiger partial charge in [-0.1, -0.05) is 11.8 Å². The zero-order valence-electron chi connectivity index (χ0n) is 9.95. The topological polar surface area (TPSA) is 83.0 Å². The number of aromatic nitrogens is 3. The van der Waals surface area contributed by atoms with Crippen LogP contribution in [-0.4, -0.2) is 27.8 Å². The number of carbonyl (C=O) groups is 1. The molecule has 6 nitrogen and oxygen atoms in total. The predicted octanol–water partition coefficient (Wildman–Crippen LogP) is 1.34. The Morgan fingerprint density at radius 2 is 2.28 bits per heavy atom. The van der Waals surface area contributed by atoms with Gasteiger partial charge >= 0.3 is 5.97 Å². The van der Waals surface area contributed by atoms with Gasteiger partial charge in [0.05, 0.1) is 23.9 Å². The average Bonchev–Trinajstić information content (AvgIpc) is 2.76. The zero-order chi connectivity index (χ0) is 13.1. The van der Waals surface area contributed by atoms with Crippen molar-refractivity contribution in [3.05, 3.63) is 30.2 Å². The molecule has 0 spiro atoms.